The predicted molar refractivity (Wildman–Crippen MR) is 39.6 cm³/mol. The second kappa shape index (κ2) is 5.40. The molecule has 0 radical (unpaired) electrons. The van der Waals surface area contributed by atoms with Crippen molar-refractivity contribution in [2.45, 2.75) is 20.0 Å². The number of hydrogen-bond acceptors (Lipinski definition) is 5. The van der Waals surface area contributed by atoms with E-state index in [1.807, 2.05) is 0 Å². The second-order valence-corrected chi connectivity index (χ2v) is 2.19. The van der Waals surface area contributed by atoms with Crippen LogP contribution in [0.3, 0.4) is 0 Å². The lowest BCUT2D eigenvalue weighted by molar-refractivity contribution is -0.144. The minimum atomic E-state index is -0.783. The minimum Gasteiger partial charge on any atom is -0.462 e. The van der Waals surface area contributed by atoms with Crippen LogP contribution in [0.4, 0.5) is 4.79 Å². The van der Waals surface area contributed by atoms with Gasteiger partial charge in [0.15, 0.2) is 0 Å². The molecule has 0 aliphatic rings. The summed E-state index contributed by atoms with van der Waals surface area (Å²) in [5.74, 6) is -0.407. The van der Waals surface area contributed by atoms with Crippen molar-refractivity contribution in [3.63, 3.8) is 0 Å². The standard InChI is InChI=1S/C7H12O5/c1-5(4-11-6(2)8)12-7(9)10-3/h5H,4H2,1-3H3. The molecule has 1 unspecified atom stereocenters. The fourth-order valence-electron chi connectivity index (χ4n) is 0.481. The summed E-state index contributed by atoms with van der Waals surface area (Å²) in [5, 5.41) is 0. The van der Waals surface area contributed by atoms with E-state index in [0.29, 0.717) is 0 Å². The lowest BCUT2D eigenvalue weighted by atomic mass is 10.4. The van der Waals surface area contributed by atoms with Crippen molar-refractivity contribution in [2.75, 3.05) is 13.7 Å². The van der Waals surface area contributed by atoms with Crippen LogP contribution in [0.1, 0.15) is 13.8 Å². The molecule has 0 amide bonds. The van der Waals surface area contributed by atoms with Gasteiger partial charge in [0.25, 0.3) is 0 Å². The summed E-state index contributed by atoms with van der Waals surface area (Å²) < 4.78 is 13.4. The molecule has 0 N–H and O–H groups in total. The summed E-state index contributed by atoms with van der Waals surface area (Å²) >= 11 is 0. The number of ether oxygens (including phenoxy) is 3. The van der Waals surface area contributed by atoms with E-state index in [-0.39, 0.29) is 6.61 Å². The number of methoxy groups -OCH3 is 1. The molecule has 0 heterocycles. The number of hydrogen-bond donors (Lipinski definition) is 0. The fourth-order valence-corrected chi connectivity index (χ4v) is 0.481. The van der Waals surface area contributed by atoms with E-state index in [1.165, 1.54) is 14.0 Å². The van der Waals surface area contributed by atoms with Crippen LogP contribution in [0.2, 0.25) is 0 Å². The van der Waals surface area contributed by atoms with Crippen molar-refractivity contribution in [3.8, 4) is 0 Å². The van der Waals surface area contributed by atoms with Crippen LogP contribution in [0.25, 0.3) is 0 Å². The molecule has 0 rings (SSSR count). The molecule has 0 saturated carbocycles. The summed E-state index contributed by atoms with van der Waals surface area (Å²) in [5.41, 5.74) is 0. The maximum Gasteiger partial charge on any atom is 0.508 e. The van der Waals surface area contributed by atoms with Crippen LogP contribution in [0.5, 0.6) is 0 Å². The van der Waals surface area contributed by atoms with Crippen LogP contribution < -0.4 is 0 Å². The Kier molecular flexibility index (Phi) is 4.83. The Hall–Kier alpha value is -1.26. The quantitative estimate of drug-likeness (QED) is 0.593. The van der Waals surface area contributed by atoms with Crippen LogP contribution in [0, 0.1) is 0 Å². The molecule has 0 spiro atoms. The molecule has 0 aliphatic carbocycles. The first-order chi connectivity index (χ1) is 5.56. The Morgan fingerprint density at radius 3 is 2.42 bits per heavy atom. The molecule has 0 aliphatic heterocycles. The molecule has 0 fully saturated rings. The Morgan fingerprint density at radius 2 is 2.00 bits per heavy atom. The molecule has 0 bridgehead atoms. The van der Waals surface area contributed by atoms with Crippen LogP contribution in [0.15, 0.2) is 0 Å². The third-order valence-corrected chi connectivity index (χ3v) is 0.985. The molecule has 5 heteroatoms. The average molecular weight is 176 g/mol. The molecule has 12 heavy (non-hydrogen) atoms. The van der Waals surface area contributed by atoms with Gasteiger partial charge in [-0.1, -0.05) is 0 Å². The third-order valence-electron chi connectivity index (χ3n) is 0.985. The van der Waals surface area contributed by atoms with Gasteiger partial charge in [-0.15, -0.1) is 0 Å². The summed E-state index contributed by atoms with van der Waals surface area (Å²) in [6.45, 7) is 2.93. The highest BCUT2D eigenvalue weighted by atomic mass is 16.7. The summed E-state index contributed by atoms with van der Waals surface area (Å²) in [6.07, 6.45) is -1.27. The summed E-state index contributed by atoms with van der Waals surface area (Å²) in [7, 11) is 1.21. The lowest BCUT2D eigenvalue weighted by Crippen LogP contribution is -2.21. The SMILES string of the molecule is COC(=O)OC(C)COC(C)=O. The number of rotatable bonds is 3. The Balaban J connectivity index is 3.52. The van der Waals surface area contributed by atoms with Gasteiger partial charge in [0, 0.05) is 6.92 Å². The number of carbonyl (C=O) groups is 2. The highest BCUT2D eigenvalue weighted by Crippen LogP contribution is 1.94. The Morgan fingerprint density at radius 1 is 1.42 bits per heavy atom. The van der Waals surface area contributed by atoms with E-state index >= 15 is 0 Å². The molecule has 5 nitrogen and oxygen atoms in total. The van der Waals surface area contributed by atoms with Crippen LogP contribution in [-0.4, -0.2) is 31.9 Å². The van der Waals surface area contributed by atoms with Gasteiger partial charge in [-0.3, -0.25) is 4.79 Å². The van der Waals surface area contributed by atoms with Gasteiger partial charge in [-0.05, 0) is 6.92 Å². The van der Waals surface area contributed by atoms with Crippen molar-refractivity contribution in [3.05, 3.63) is 0 Å². The first kappa shape index (κ1) is 10.7. The van der Waals surface area contributed by atoms with Crippen molar-refractivity contribution >= 4 is 12.1 Å². The second-order valence-electron chi connectivity index (χ2n) is 2.19. The molecule has 0 aromatic carbocycles. The van der Waals surface area contributed by atoms with Gasteiger partial charge in [0.05, 0.1) is 7.11 Å². The third kappa shape index (κ3) is 5.52. The maximum absolute atomic E-state index is 10.5. The van der Waals surface area contributed by atoms with Crippen molar-refractivity contribution in [2.24, 2.45) is 0 Å². The average Bonchev–Trinajstić information content (AvgIpc) is 2.00. The fraction of sp³-hybridized carbons (Fsp3) is 0.714. The molecule has 0 aromatic rings. The zero-order chi connectivity index (χ0) is 9.56. The monoisotopic (exact) mass is 176 g/mol. The molecule has 0 saturated heterocycles. The first-order valence-corrected chi connectivity index (χ1v) is 3.44. The van der Waals surface area contributed by atoms with Gasteiger partial charge in [0.2, 0.25) is 0 Å². The number of carbonyl (C=O) groups excluding carboxylic acids is 2. The van der Waals surface area contributed by atoms with Gasteiger partial charge in [-0.25, -0.2) is 4.79 Å². The van der Waals surface area contributed by atoms with Crippen LogP contribution in [-0.2, 0) is 19.0 Å². The summed E-state index contributed by atoms with van der Waals surface area (Å²) in [6, 6.07) is 0. The molecule has 70 valence electrons. The van der Waals surface area contributed by atoms with Crippen LogP contribution >= 0.6 is 0 Å². The van der Waals surface area contributed by atoms with E-state index in [9.17, 15) is 9.59 Å². The van der Waals surface area contributed by atoms with E-state index in [1.54, 1.807) is 6.92 Å². The van der Waals surface area contributed by atoms with E-state index in [4.69, 9.17) is 0 Å². The van der Waals surface area contributed by atoms with E-state index < -0.39 is 18.2 Å². The highest BCUT2D eigenvalue weighted by molar-refractivity contribution is 5.66. The lowest BCUT2D eigenvalue weighted by Gasteiger charge is -2.10. The molecular formula is C7H12O5. The molecular weight excluding hydrogens is 164 g/mol. The zero-order valence-electron chi connectivity index (χ0n) is 7.33. The first-order valence-electron chi connectivity index (χ1n) is 3.44. The number of esters is 1. The molecule has 1 atom stereocenters. The summed E-state index contributed by atoms with van der Waals surface area (Å²) in [4.78, 5) is 20.8. The van der Waals surface area contributed by atoms with Crippen molar-refractivity contribution < 1.29 is 23.8 Å². The Bertz CT molecular complexity index is 165. The van der Waals surface area contributed by atoms with E-state index in [2.05, 4.69) is 14.2 Å². The van der Waals surface area contributed by atoms with Gasteiger partial charge >= 0.3 is 12.1 Å². The molecule has 0 aromatic heterocycles. The highest BCUT2D eigenvalue weighted by Gasteiger charge is 2.09. The Labute approximate surface area is 70.6 Å². The largest absolute Gasteiger partial charge is 0.508 e. The normalized spacial score (nSPS) is 11.6. The van der Waals surface area contributed by atoms with E-state index in [0.717, 1.165) is 0 Å². The van der Waals surface area contributed by atoms with Crippen molar-refractivity contribution in [1.29, 1.82) is 0 Å². The van der Waals surface area contributed by atoms with Gasteiger partial charge in [0.1, 0.15) is 12.7 Å². The predicted octanol–water partition coefficient (Wildman–Crippen LogP) is 0.721. The van der Waals surface area contributed by atoms with Crippen molar-refractivity contribution in [1.82, 2.24) is 0 Å². The smallest absolute Gasteiger partial charge is 0.462 e. The van der Waals surface area contributed by atoms with Gasteiger partial charge < -0.3 is 14.2 Å². The maximum atomic E-state index is 10.5. The topological polar surface area (TPSA) is 61.8 Å². The van der Waals surface area contributed by atoms with Gasteiger partial charge in [-0.2, -0.15) is 0 Å². The zero-order valence-corrected chi connectivity index (χ0v) is 7.33. The minimum absolute atomic E-state index is 0.0461.